The fraction of sp³-hybridized carbons (Fsp3) is 0.389. The Morgan fingerprint density at radius 1 is 1.14 bits per heavy atom. The summed E-state index contributed by atoms with van der Waals surface area (Å²) >= 11 is 5.95. The van der Waals surface area contributed by atoms with Gasteiger partial charge in [0.1, 0.15) is 0 Å². The van der Waals surface area contributed by atoms with Crippen LogP contribution >= 0.6 is 11.6 Å². The normalized spacial score (nSPS) is 13.2. The largest absolute Gasteiger partial charge is 0.261 e. The van der Waals surface area contributed by atoms with Crippen molar-refractivity contribution in [1.82, 2.24) is 4.98 Å². The second kappa shape index (κ2) is 6.33. The van der Waals surface area contributed by atoms with Crippen LogP contribution in [0.15, 0.2) is 30.5 Å². The topological polar surface area (TPSA) is 12.9 Å². The predicted octanol–water partition coefficient (Wildman–Crippen LogP) is 5.66. The Kier molecular flexibility index (Phi) is 4.86. The second-order valence-electron chi connectivity index (χ2n) is 6.65. The van der Waals surface area contributed by atoms with Gasteiger partial charge in [0.25, 0.3) is 0 Å². The van der Waals surface area contributed by atoms with E-state index in [-0.39, 0.29) is 5.92 Å². The van der Waals surface area contributed by atoms with Crippen LogP contribution in [0.5, 0.6) is 0 Å². The third-order valence-corrected chi connectivity index (χ3v) is 3.98. The molecule has 1 aromatic carbocycles. The van der Waals surface area contributed by atoms with Crippen molar-refractivity contribution in [3.63, 3.8) is 0 Å². The molecule has 0 radical (unpaired) electrons. The minimum absolute atomic E-state index is 0.0481. The van der Waals surface area contributed by atoms with Gasteiger partial charge >= 0.3 is 0 Å². The van der Waals surface area contributed by atoms with Crippen molar-refractivity contribution in [3.05, 3.63) is 63.9 Å². The first-order valence-electron chi connectivity index (χ1n) is 7.29. The Bertz CT molecular complexity index is 677. The molecule has 2 rings (SSSR count). The summed E-state index contributed by atoms with van der Waals surface area (Å²) in [7, 11) is 0. The van der Waals surface area contributed by atoms with Crippen molar-refractivity contribution >= 4 is 11.6 Å². The zero-order valence-electron chi connectivity index (χ0n) is 13.3. The first kappa shape index (κ1) is 16.9. The Morgan fingerprint density at radius 2 is 1.82 bits per heavy atom. The van der Waals surface area contributed by atoms with Crippen molar-refractivity contribution in [1.29, 1.82) is 0 Å². The van der Waals surface area contributed by atoms with E-state index in [9.17, 15) is 8.78 Å². The van der Waals surface area contributed by atoms with Gasteiger partial charge in [-0.1, -0.05) is 51.4 Å². The van der Waals surface area contributed by atoms with E-state index in [1.165, 1.54) is 0 Å². The SMILES string of the molecule is CC(Cc1ccc(C(C)(C)C)c(F)c1F)c1cc(Cl)ccn1. The van der Waals surface area contributed by atoms with Crippen LogP contribution < -0.4 is 0 Å². The zero-order chi connectivity index (χ0) is 16.5. The first-order chi connectivity index (χ1) is 10.2. The van der Waals surface area contributed by atoms with Crippen molar-refractivity contribution < 1.29 is 8.78 Å². The van der Waals surface area contributed by atoms with E-state index in [4.69, 9.17) is 11.6 Å². The second-order valence-corrected chi connectivity index (χ2v) is 7.09. The van der Waals surface area contributed by atoms with Gasteiger partial charge in [0.05, 0.1) is 0 Å². The summed E-state index contributed by atoms with van der Waals surface area (Å²) < 4.78 is 28.6. The van der Waals surface area contributed by atoms with E-state index < -0.39 is 17.0 Å². The smallest absolute Gasteiger partial charge is 0.162 e. The number of nitrogens with zero attached hydrogens (tertiary/aromatic N) is 1. The number of hydrogen-bond donors (Lipinski definition) is 0. The Hall–Kier alpha value is -1.48. The first-order valence-corrected chi connectivity index (χ1v) is 7.66. The Morgan fingerprint density at radius 3 is 2.41 bits per heavy atom. The van der Waals surface area contributed by atoms with Gasteiger partial charge in [-0.25, -0.2) is 8.78 Å². The molecule has 1 unspecified atom stereocenters. The summed E-state index contributed by atoms with van der Waals surface area (Å²) in [4.78, 5) is 4.24. The lowest BCUT2D eigenvalue weighted by Gasteiger charge is -2.21. The monoisotopic (exact) mass is 323 g/mol. The number of pyridine rings is 1. The molecule has 0 bridgehead atoms. The molecule has 4 heteroatoms. The van der Waals surface area contributed by atoms with Gasteiger partial charge in [0.2, 0.25) is 0 Å². The molecule has 22 heavy (non-hydrogen) atoms. The van der Waals surface area contributed by atoms with E-state index in [1.54, 1.807) is 30.5 Å². The molecular formula is C18H20ClF2N. The Labute approximate surface area is 135 Å². The Balaban J connectivity index is 2.29. The molecule has 1 aromatic heterocycles. The summed E-state index contributed by atoms with van der Waals surface area (Å²) in [6, 6.07) is 6.78. The highest BCUT2D eigenvalue weighted by molar-refractivity contribution is 6.30. The molecule has 0 N–H and O–H groups in total. The molecule has 1 heterocycles. The maximum Gasteiger partial charge on any atom is 0.162 e. The highest BCUT2D eigenvalue weighted by Crippen LogP contribution is 2.30. The molecule has 118 valence electrons. The van der Waals surface area contributed by atoms with Gasteiger partial charge in [-0.15, -0.1) is 0 Å². The molecule has 0 amide bonds. The maximum absolute atomic E-state index is 14.3. The van der Waals surface area contributed by atoms with Gasteiger partial charge in [-0.05, 0) is 35.1 Å². The van der Waals surface area contributed by atoms with Gasteiger partial charge in [0, 0.05) is 22.8 Å². The van der Waals surface area contributed by atoms with Gasteiger partial charge in [0.15, 0.2) is 11.6 Å². The van der Waals surface area contributed by atoms with Crippen molar-refractivity contribution in [2.45, 2.75) is 45.4 Å². The van der Waals surface area contributed by atoms with Crippen molar-refractivity contribution in [2.24, 2.45) is 0 Å². The van der Waals surface area contributed by atoms with E-state index in [0.717, 1.165) is 5.69 Å². The zero-order valence-corrected chi connectivity index (χ0v) is 14.0. The number of halogens is 3. The summed E-state index contributed by atoms with van der Waals surface area (Å²) in [6.45, 7) is 7.52. The van der Waals surface area contributed by atoms with Crippen molar-refractivity contribution in [3.8, 4) is 0 Å². The van der Waals surface area contributed by atoms with Gasteiger partial charge in [-0.3, -0.25) is 4.98 Å². The quantitative estimate of drug-likeness (QED) is 0.710. The average Bonchev–Trinajstić information content (AvgIpc) is 2.42. The van der Waals surface area contributed by atoms with Crippen LogP contribution in [-0.4, -0.2) is 4.98 Å². The van der Waals surface area contributed by atoms with Gasteiger partial charge in [-0.2, -0.15) is 0 Å². The van der Waals surface area contributed by atoms with E-state index in [2.05, 4.69) is 4.98 Å². The maximum atomic E-state index is 14.3. The van der Waals surface area contributed by atoms with E-state index in [1.807, 2.05) is 27.7 Å². The van der Waals surface area contributed by atoms with Gasteiger partial charge < -0.3 is 0 Å². The fourth-order valence-electron chi connectivity index (χ4n) is 2.45. The predicted molar refractivity (Wildman–Crippen MR) is 86.4 cm³/mol. The number of hydrogen-bond acceptors (Lipinski definition) is 1. The molecular weight excluding hydrogens is 304 g/mol. The average molecular weight is 324 g/mol. The van der Waals surface area contributed by atoms with Crippen LogP contribution in [0.1, 0.15) is 50.4 Å². The molecule has 0 aliphatic rings. The molecule has 0 aliphatic heterocycles. The van der Waals surface area contributed by atoms with Crippen LogP contribution in [0.2, 0.25) is 5.02 Å². The number of rotatable bonds is 3. The molecule has 0 saturated heterocycles. The summed E-state index contributed by atoms with van der Waals surface area (Å²) in [5.74, 6) is -1.56. The lowest BCUT2D eigenvalue weighted by Crippen LogP contribution is -2.16. The number of aromatic nitrogens is 1. The highest BCUT2D eigenvalue weighted by Gasteiger charge is 2.23. The van der Waals surface area contributed by atoms with Crippen LogP contribution in [0.3, 0.4) is 0 Å². The summed E-state index contributed by atoms with van der Waals surface area (Å²) in [6.07, 6.45) is 1.99. The van der Waals surface area contributed by atoms with Crippen LogP contribution in [0, 0.1) is 11.6 Å². The summed E-state index contributed by atoms with van der Waals surface area (Å²) in [5.41, 5.74) is 1.10. The molecule has 0 fully saturated rings. The third kappa shape index (κ3) is 3.64. The highest BCUT2D eigenvalue weighted by atomic mass is 35.5. The van der Waals surface area contributed by atoms with Crippen LogP contribution in [0.4, 0.5) is 8.78 Å². The number of benzene rings is 1. The van der Waals surface area contributed by atoms with Crippen LogP contribution in [0.25, 0.3) is 0 Å². The lowest BCUT2D eigenvalue weighted by molar-refractivity contribution is 0.456. The summed E-state index contributed by atoms with van der Waals surface area (Å²) in [5, 5.41) is 0.589. The molecule has 1 atom stereocenters. The molecule has 2 aromatic rings. The minimum atomic E-state index is -0.763. The molecule has 0 aliphatic carbocycles. The van der Waals surface area contributed by atoms with Crippen LogP contribution in [-0.2, 0) is 11.8 Å². The molecule has 0 saturated carbocycles. The standard InChI is InChI=1S/C18H20ClF2N/c1-11(15-10-13(19)7-8-22-15)9-12-5-6-14(18(2,3)4)17(21)16(12)20/h5-8,10-11H,9H2,1-4H3. The van der Waals surface area contributed by atoms with E-state index in [0.29, 0.717) is 22.6 Å². The molecule has 1 nitrogen and oxygen atoms in total. The molecule has 0 spiro atoms. The van der Waals surface area contributed by atoms with E-state index >= 15 is 0 Å². The van der Waals surface area contributed by atoms with Crippen molar-refractivity contribution in [2.75, 3.05) is 0 Å². The lowest BCUT2D eigenvalue weighted by atomic mass is 9.85. The fourth-order valence-corrected chi connectivity index (χ4v) is 2.62. The third-order valence-electron chi connectivity index (χ3n) is 3.74. The minimum Gasteiger partial charge on any atom is -0.261 e.